The van der Waals surface area contributed by atoms with Crippen molar-refractivity contribution in [1.29, 1.82) is 0 Å². The fraction of sp³-hybridized carbons (Fsp3) is 0.562. The van der Waals surface area contributed by atoms with Gasteiger partial charge in [-0.05, 0) is 42.0 Å². The summed E-state index contributed by atoms with van der Waals surface area (Å²) in [5.74, 6) is 1.24. The average molecular weight is 278 g/mol. The smallest absolute Gasteiger partial charge is 0.303 e. The Bertz CT molecular complexity index is 480. The topological polar surface area (TPSA) is 55.8 Å². The monoisotopic (exact) mass is 278 g/mol. The van der Waals surface area contributed by atoms with Gasteiger partial charge < -0.3 is 14.6 Å². The van der Waals surface area contributed by atoms with Gasteiger partial charge in [0.05, 0.1) is 13.2 Å². The van der Waals surface area contributed by atoms with E-state index in [1.165, 1.54) is 11.1 Å². The van der Waals surface area contributed by atoms with Crippen LogP contribution in [-0.4, -0.2) is 24.3 Å². The maximum Gasteiger partial charge on any atom is 0.303 e. The molecule has 1 aromatic rings. The van der Waals surface area contributed by atoms with E-state index in [0.717, 1.165) is 24.3 Å². The van der Waals surface area contributed by atoms with E-state index >= 15 is 0 Å². The van der Waals surface area contributed by atoms with Gasteiger partial charge in [-0.1, -0.05) is 13.8 Å². The lowest BCUT2D eigenvalue weighted by molar-refractivity contribution is -0.137. The molecule has 1 aliphatic rings. The van der Waals surface area contributed by atoms with Gasteiger partial charge in [0.2, 0.25) is 0 Å². The van der Waals surface area contributed by atoms with Gasteiger partial charge in [-0.3, -0.25) is 4.79 Å². The van der Waals surface area contributed by atoms with Crippen LogP contribution in [0.5, 0.6) is 11.5 Å². The van der Waals surface area contributed by atoms with E-state index in [4.69, 9.17) is 14.6 Å². The molecular formula is C16H22O4. The number of carboxylic acids is 1. The van der Waals surface area contributed by atoms with Crippen LogP contribution >= 0.6 is 0 Å². The molecule has 4 heteroatoms. The minimum absolute atomic E-state index is 0.200. The van der Waals surface area contributed by atoms with Gasteiger partial charge in [0.1, 0.15) is 0 Å². The highest BCUT2D eigenvalue weighted by atomic mass is 16.5. The molecule has 4 nitrogen and oxygen atoms in total. The molecule has 0 aliphatic carbocycles. The Labute approximate surface area is 119 Å². The van der Waals surface area contributed by atoms with Crippen molar-refractivity contribution in [3.8, 4) is 11.5 Å². The number of carbonyl (C=O) groups is 1. The molecule has 0 aromatic heterocycles. The molecule has 0 radical (unpaired) electrons. The lowest BCUT2D eigenvalue weighted by Gasteiger charge is -2.17. The van der Waals surface area contributed by atoms with Gasteiger partial charge in [-0.2, -0.15) is 0 Å². The maximum absolute atomic E-state index is 10.6. The summed E-state index contributed by atoms with van der Waals surface area (Å²) in [5.41, 5.74) is 2.39. The number of carboxylic acid groups (broad SMARTS) is 1. The van der Waals surface area contributed by atoms with Gasteiger partial charge in [0.25, 0.3) is 0 Å². The van der Waals surface area contributed by atoms with Crippen molar-refractivity contribution in [2.24, 2.45) is 0 Å². The summed E-state index contributed by atoms with van der Waals surface area (Å²) < 4.78 is 11.4. The normalized spacial score (nSPS) is 14.2. The first-order chi connectivity index (χ1) is 9.58. The van der Waals surface area contributed by atoms with Crippen LogP contribution in [0.25, 0.3) is 0 Å². The number of hydrogen-bond donors (Lipinski definition) is 1. The Morgan fingerprint density at radius 2 is 1.90 bits per heavy atom. The van der Waals surface area contributed by atoms with E-state index in [2.05, 4.69) is 19.9 Å². The fourth-order valence-electron chi connectivity index (χ4n) is 2.45. The van der Waals surface area contributed by atoms with Crippen LogP contribution in [-0.2, 0) is 11.2 Å². The number of fused-ring (bicyclic) bond motifs is 1. The number of rotatable bonds is 5. The van der Waals surface area contributed by atoms with Crippen molar-refractivity contribution in [3.63, 3.8) is 0 Å². The van der Waals surface area contributed by atoms with Crippen LogP contribution in [0.1, 0.15) is 50.2 Å². The van der Waals surface area contributed by atoms with Gasteiger partial charge >= 0.3 is 5.97 Å². The summed E-state index contributed by atoms with van der Waals surface area (Å²) >= 11 is 0. The molecule has 0 saturated heterocycles. The molecular weight excluding hydrogens is 256 g/mol. The summed E-state index contributed by atoms with van der Waals surface area (Å²) in [7, 11) is 0. The Morgan fingerprint density at radius 3 is 2.50 bits per heavy atom. The number of ether oxygens (including phenoxy) is 2. The maximum atomic E-state index is 10.6. The standard InChI is InChI=1S/C16H22O4/c1-11(2)13-10-15-14(19-7-4-8-20-15)9-12(13)5-3-6-16(17)18/h9-11H,3-8H2,1-2H3,(H,17,18). The molecule has 0 bridgehead atoms. The average Bonchev–Trinajstić information content (AvgIpc) is 2.61. The van der Waals surface area contributed by atoms with Crippen molar-refractivity contribution in [3.05, 3.63) is 23.3 Å². The predicted molar refractivity (Wildman–Crippen MR) is 76.7 cm³/mol. The summed E-state index contributed by atoms with van der Waals surface area (Å²) in [6.45, 7) is 5.63. The summed E-state index contributed by atoms with van der Waals surface area (Å²) in [4.78, 5) is 10.6. The molecule has 0 amide bonds. The molecule has 110 valence electrons. The number of aryl methyl sites for hydroxylation is 1. The van der Waals surface area contributed by atoms with Gasteiger partial charge in [0.15, 0.2) is 11.5 Å². The third-order valence-corrected chi connectivity index (χ3v) is 3.47. The third-order valence-electron chi connectivity index (χ3n) is 3.47. The molecule has 2 rings (SSSR count). The predicted octanol–water partition coefficient (Wildman–Crippen LogP) is 3.38. The zero-order valence-electron chi connectivity index (χ0n) is 12.1. The van der Waals surface area contributed by atoms with Crippen molar-refractivity contribution in [2.75, 3.05) is 13.2 Å². The summed E-state index contributed by atoms with van der Waals surface area (Å²) in [6.07, 6.45) is 2.50. The van der Waals surface area contributed by atoms with Gasteiger partial charge in [0, 0.05) is 12.8 Å². The highest BCUT2D eigenvalue weighted by Gasteiger charge is 2.16. The fourth-order valence-corrected chi connectivity index (χ4v) is 2.45. The van der Waals surface area contributed by atoms with Crippen LogP contribution in [0.15, 0.2) is 12.1 Å². The van der Waals surface area contributed by atoms with E-state index in [1.807, 2.05) is 6.07 Å². The number of aliphatic carboxylic acids is 1. The first-order valence-corrected chi connectivity index (χ1v) is 7.22. The molecule has 1 aliphatic heterocycles. The molecule has 0 saturated carbocycles. The van der Waals surface area contributed by atoms with Gasteiger partial charge in [-0.25, -0.2) is 0 Å². The molecule has 1 heterocycles. The number of benzene rings is 1. The Kier molecular flexibility index (Phi) is 4.88. The lowest BCUT2D eigenvalue weighted by Crippen LogP contribution is -2.02. The van der Waals surface area contributed by atoms with Gasteiger partial charge in [-0.15, -0.1) is 0 Å². The molecule has 0 unspecified atom stereocenters. The number of hydrogen-bond acceptors (Lipinski definition) is 3. The summed E-state index contributed by atoms with van der Waals surface area (Å²) in [6, 6.07) is 4.08. The molecule has 0 spiro atoms. The van der Waals surface area contributed by atoms with Crippen molar-refractivity contribution in [1.82, 2.24) is 0 Å². The van der Waals surface area contributed by atoms with E-state index in [9.17, 15) is 4.79 Å². The minimum Gasteiger partial charge on any atom is -0.490 e. The zero-order valence-corrected chi connectivity index (χ0v) is 12.1. The SMILES string of the molecule is CC(C)c1cc2c(cc1CCCC(=O)O)OCCCO2. The lowest BCUT2D eigenvalue weighted by atomic mass is 9.93. The van der Waals surface area contributed by atoms with Crippen molar-refractivity contribution >= 4 is 5.97 Å². The second-order valence-corrected chi connectivity index (χ2v) is 5.45. The molecule has 20 heavy (non-hydrogen) atoms. The Balaban J connectivity index is 2.23. The largest absolute Gasteiger partial charge is 0.490 e. The first-order valence-electron chi connectivity index (χ1n) is 7.22. The second-order valence-electron chi connectivity index (χ2n) is 5.45. The molecule has 1 N–H and O–H groups in total. The van der Waals surface area contributed by atoms with Crippen LogP contribution in [0.4, 0.5) is 0 Å². The van der Waals surface area contributed by atoms with Crippen LogP contribution in [0, 0.1) is 0 Å². The quantitative estimate of drug-likeness (QED) is 0.897. The minimum atomic E-state index is -0.745. The van der Waals surface area contributed by atoms with Crippen LogP contribution in [0.3, 0.4) is 0 Å². The Hall–Kier alpha value is -1.71. The van der Waals surface area contributed by atoms with Crippen molar-refractivity contribution < 1.29 is 19.4 Å². The Morgan fingerprint density at radius 1 is 1.25 bits per heavy atom. The highest BCUT2D eigenvalue weighted by molar-refractivity contribution is 5.66. The first kappa shape index (κ1) is 14.7. The van der Waals surface area contributed by atoms with E-state index in [-0.39, 0.29) is 6.42 Å². The molecule has 0 atom stereocenters. The molecule has 1 aromatic carbocycles. The highest BCUT2D eigenvalue weighted by Crippen LogP contribution is 2.36. The second kappa shape index (κ2) is 6.64. The summed E-state index contributed by atoms with van der Waals surface area (Å²) in [5, 5.41) is 8.75. The molecule has 0 fully saturated rings. The van der Waals surface area contributed by atoms with Crippen molar-refractivity contribution in [2.45, 2.75) is 45.4 Å². The van der Waals surface area contributed by atoms with Crippen LogP contribution < -0.4 is 9.47 Å². The zero-order chi connectivity index (χ0) is 14.5. The van der Waals surface area contributed by atoms with E-state index in [0.29, 0.717) is 25.6 Å². The van der Waals surface area contributed by atoms with Crippen LogP contribution in [0.2, 0.25) is 0 Å². The third kappa shape index (κ3) is 3.65. The van der Waals surface area contributed by atoms with E-state index < -0.39 is 5.97 Å². The van der Waals surface area contributed by atoms with E-state index in [1.54, 1.807) is 0 Å².